The second-order valence-electron chi connectivity index (χ2n) is 4.75. The Kier molecular flexibility index (Phi) is 5.03. The molecule has 1 aromatic rings. The first-order chi connectivity index (χ1) is 8.69. The van der Waals surface area contributed by atoms with E-state index in [0.717, 1.165) is 26.1 Å². The van der Waals surface area contributed by atoms with E-state index in [4.69, 9.17) is 18.0 Å². The van der Waals surface area contributed by atoms with Gasteiger partial charge in [0.05, 0.1) is 4.99 Å². The molecular formula is C14H20N2S2. The third kappa shape index (κ3) is 3.70. The van der Waals surface area contributed by atoms with Gasteiger partial charge in [0.25, 0.3) is 0 Å². The summed E-state index contributed by atoms with van der Waals surface area (Å²) in [5.74, 6) is 0. The van der Waals surface area contributed by atoms with Crippen LogP contribution in [0.15, 0.2) is 29.2 Å². The molecule has 1 heterocycles. The van der Waals surface area contributed by atoms with Gasteiger partial charge in [-0.1, -0.05) is 37.3 Å². The van der Waals surface area contributed by atoms with Crippen LogP contribution in [0.2, 0.25) is 0 Å². The molecule has 0 saturated heterocycles. The molecule has 0 amide bonds. The van der Waals surface area contributed by atoms with Crippen LogP contribution in [0.5, 0.6) is 0 Å². The molecule has 0 spiro atoms. The summed E-state index contributed by atoms with van der Waals surface area (Å²) in [7, 11) is 0. The normalized spacial score (nSPS) is 18.0. The average Bonchev–Trinajstić information content (AvgIpc) is 2.70. The Morgan fingerprint density at radius 2 is 2.28 bits per heavy atom. The van der Waals surface area contributed by atoms with Crippen molar-refractivity contribution in [2.45, 2.75) is 29.9 Å². The Balaban J connectivity index is 1.92. The number of fused-ring (bicyclic) bond motifs is 1. The molecule has 1 aliphatic rings. The van der Waals surface area contributed by atoms with Crippen molar-refractivity contribution in [3.63, 3.8) is 0 Å². The summed E-state index contributed by atoms with van der Waals surface area (Å²) < 4.78 is 0. The molecule has 0 aromatic heterocycles. The number of benzene rings is 1. The van der Waals surface area contributed by atoms with Crippen LogP contribution >= 0.6 is 24.0 Å². The standard InChI is InChI=1S/C14H20N2S2/c1-2-7-16(10-14(15)17)9-12-8-11-5-3-4-6-13(11)18-12/h3-6,12H,2,7-10H2,1H3,(H2,15,17). The van der Waals surface area contributed by atoms with Crippen LogP contribution in [0.25, 0.3) is 0 Å². The van der Waals surface area contributed by atoms with Crippen molar-refractivity contribution in [1.29, 1.82) is 0 Å². The summed E-state index contributed by atoms with van der Waals surface area (Å²) in [4.78, 5) is 4.42. The summed E-state index contributed by atoms with van der Waals surface area (Å²) in [6, 6.07) is 8.70. The van der Waals surface area contributed by atoms with Crippen molar-refractivity contribution < 1.29 is 0 Å². The van der Waals surface area contributed by atoms with Crippen molar-refractivity contribution in [2.75, 3.05) is 19.6 Å². The van der Waals surface area contributed by atoms with Crippen LogP contribution in [-0.4, -0.2) is 34.8 Å². The molecule has 2 nitrogen and oxygen atoms in total. The minimum absolute atomic E-state index is 0.601. The lowest BCUT2D eigenvalue weighted by molar-refractivity contribution is 0.313. The van der Waals surface area contributed by atoms with Crippen molar-refractivity contribution in [2.24, 2.45) is 5.73 Å². The Morgan fingerprint density at radius 3 is 2.94 bits per heavy atom. The highest BCUT2D eigenvalue weighted by Crippen LogP contribution is 2.36. The van der Waals surface area contributed by atoms with Gasteiger partial charge < -0.3 is 5.73 Å². The molecule has 1 aliphatic heterocycles. The second-order valence-corrected chi connectivity index (χ2v) is 6.62. The van der Waals surface area contributed by atoms with Crippen molar-refractivity contribution >= 4 is 29.0 Å². The topological polar surface area (TPSA) is 29.3 Å². The van der Waals surface area contributed by atoms with Gasteiger partial charge in [0.15, 0.2) is 0 Å². The first kappa shape index (κ1) is 13.8. The first-order valence-electron chi connectivity index (χ1n) is 6.44. The SMILES string of the molecule is CCCN(CC(N)=S)CC1Cc2ccccc2S1. The highest BCUT2D eigenvalue weighted by Gasteiger charge is 2.23. The minimum Gasteiger partial charge on any atom is -0.392 e. The summed E-state index contributed by atoms with van der Waals surface area (Å²) in [6.45, 7) is 5.09. The lowest BCUT2D eigenvalue weighted by atomic mass is 10.1. The van der Waals surface area contributed by atoms with E-state index in [1.807, 2.05) is 11.8 Å². The second kappa shape index (κ2) is 6.55. The lowest BCUT2D eigenvalue weighted by Gasteiger charge is -2.23. The van der Waals surface area contributed by atoms with Crippen LogP contribution in [0, 0.1) is 0 Å². The Bertz CT molecular complexity index is 395. The van der Waals surface area contributed by atoms with Gasteiger partial charge in [-0.3, -0.25) is 4.90 Å². The molecule has 0 fully saturated rings. The fourth-order valence-electron chi connectivity index (χ4n) is 2.42. The molecule has 0 radical (unpaired) electrons. The highest BCUT2D eigenvalue weighted by molar-refractivity contribution is 8.00. The summed E-state index contributed by atoms with van der Waals surface area (Å²) in [5, 5.41) is 0.642. The Hall–Kier alpha value is -0.580. The quantitative estimate of drug-likeness (QED) is 0.811. The summed E-state index contributed by atoms with van der Waals surface area (Å²) in [6.07, 6.45) is 2.31. The maximum absolute atomic E-state index is 5.67. The number of nitrogens with two attached hydrogens (primary N) is 1. The predicted octanol–water partition coefficient (Wildman–Crippen LogP) is 2.70. The fraction of sp³-hybridized carbons (Fsp3) is 0.500. The Labute approximate surface area is 119 Å². The molecule has 0 aliphatic carbocycles. The molecule has 1 aromatic carbocycles. The van der Waals surface area contributed by atoms with E-state index < -0.39 is 0 Å². The minimum atomic E-state index is 0.601. The third-order valence-corrected chi connectivity index (χ3v) is 4.53. The van der Waals surface area contributed by atoms with Gasteiger partial charge in [0.1, 0.15) is 0 Å². The number of hydrogen-bond acceptors (Lipinski definition) is 3. The van der Waals surface area contributed by atoms with Crippen molar-refractivity contribution in [3.8, 4) is 0 Å². The van der Waals surface area contributed by atoms with Crippen LogP contribution in [0.3, 0.4) is 0 Å². The number of nitrogens with zero attached hydrogens (tertiary/aromatic N) is 1. The van der Waals surface area contributed by atoms with E-state index in [2.05, 4.69) is 36.1 Å². The number of rotatable bonds is 6. The van der Waals surface area contributed by atoms with Gasteiger partial charge >= 0.3 is 0 Å². The van der Waals surface area contributed by atoms with Crippen LogP contribution in [0.1, 0.15) is 18.9 Å². The molecule has 4 heteroatoms. The summed E-state index contributed by atoms with van der Waals surface area (Å²) >= 11 is 7.02. The monoisotopic (exact) mass is 280 g/mol. The van der Waals surface area contributed by atoms with Crippen molar-refractivity contribution in [3.05, 3.63) is 29.8 Å². The molecule has 1 atom stereocenters. The zero-order valence-electron chi connectivity index (χ0n) is 10.8. The lowest BCUT2D eigenvalue weighted by Crippen LogP contribution is -2.37. The molecule has 0 bridgehead atoms. The fourth-order valence-corrected chi connectivity index (χ4v) is 3.97. The maximum Gasteiger partial charge on any atom is 0.0870 e. The van der Waals surface area contributed by atoms with Crippen molar-refractivity contribution in [1.82, 2.24) is 4.90 Å². The highest BCUT2D eigenvalue weighted by atomic mass is 32.2. The van der Waals surface area contributed by atoms with E-state index >= 15 is 0 Å². The van der Waals surface area contributed by atoms with E-state index in [9.17, 15) is 0 Å². The number of hydrogen-bond donors (Lipinski definition) is 1. The smallest absolute Gasteiger partial charge is 0.0870 e. The van der Waals surface area contributed by atoms with E-state index in [1.165, 1.54) is 16.9 Å². The molecular weight excluding hydrogens is 260 g/mol. The zero-order valence-corrected chi connectivity index (χ0v) is 12.4. The molecule has 2 rings (SSSR count). The van der Waals surface area contributed by atoms with Gasteiger partial charge in [-0.05, 0) is 31.0 Å². The summed E-state index contributed by atoms with van der Waals surface area (Å²) in [5.41, 5.74) is 7.15. The molecule has 18 heavy (non-hydrogen) atoms. The van der Waals surface area contributed by atoms with E-state index in [-0.39, 0.29) is 0 Å². The predicted molar refractivity (Wildman–Crippen MR) is 83.3 cm³/mol. The third-order valence-electron chi connectivity index (χ3n) is 3.09. The van der Waals surface area contributed by atoms with Gasteiger partial charge in [-0.15, -0.1) is 11.8 Å². The number of thiocarbonyl (C=S) groups is 1. The van der Waals surface area contributed by atoms with Crippen LogP contribution in [-0.2, 0) is 6.42 Å². The van der Waals surface area contributed by atoms with Gasteiger partial charge in [-0.25, -0.2) is 0 Å². The average molecular weight is 280 g/mol. The molecule has 2 N–H and O–H groups in total. The Morgan fingerprint density at radius 1 is 1.50 bits per heavy atom. The van der Waals surface area contributed by atoms with Gasteiger partial charge in [0, 0.05) is 23.2 Å². The number of thioether (sulfide) groups is 1. The van der Waals surface area contributed by atoms with E-state index in [0.29, 0.717) is 10.2 Å². The molecule has 98 valence electrons. The first-order valence-corrected chi connectivity index (χ1v) is 7.73. The molecule has 0 saturated carbocycles. The maximum atomic E-state index is 5.67. The van der Waals surface area contributed by atoms with Gasteiger partial charge in [0.2, 0.25) is 0 Å². The van der Waals surface area contributed by atoms with Crippen LogP contribution in [0.4, 0.5) is 0 Å². The van der Waals surface area contributed by atoms with Crippen LogP contribution < -0.4 is 5.73 Å². The van der Waals surface area contributed by atoms with Gasteiger partial charge in [-0.2, -0.15) is 0 Å². The van der Waals surface area contributed by atoms with E-state index in [1.54, 1.807) is 0 Å². The zero-order chi connectivity index (χ0) is 13.0. The molecule has 1 unspecified atom stereocenters. The largest absolute Gasteiger partial charge is 0.392 e.